The van der Waals surface area contributed by atoms with E-state index in [4.69, 9.17) is 4.74 Å². The van der Waals surface area contributed by atoms with Crippen LogP contribution in [-0.2, 0) is 11.2 Å². The first-order valence-electron chi connectivity index (χ1n) is 8.28. The molecule has 1 heterocycles. The molecule has 23 heavy (non-hydrogen) atoms. The van der Waals surface area contributed by atoms with Crippen LogP contribution in [0.15, 0.2) is 42.5 Å². The van der Waals surface area contributed by atoms with E-state index >= 15 is 0 Å². The van der Waals surface area contributed by atoms with E-state index in [2.05, 4.69) is 43.3 Å². The lowest BCUT2D eigenvalue weighted by atomic mass is 9.87. The van der Waals surface area contributed by atoms with Crippen molar-refractivity contribution in [1.29, 1.82) is 0 Å². The van der Waals surface area contributed by atoms with Crippen molar-refractivity contribution >= 4 is 0 Å². The van der Waals surface area contributed by atoms with Crippen molar-refractivity contribution in [3.8, 4) is 0 Å². The summed E-state index contributed by atoms with van der Waals surface area (Å²) in [5.41, 5.74) is 4.95. The first-order chi connectivity index (χ1) is 11.1. The average molecular weight is 311 g/mol. The molecule has 3 atom stereocenters. The van der Waals surface area contributed by atoms with Crippen molar-refractivity contribution in [2.45, 2.75) is 31.0 Å². The molecule has 0 spiro atoms. The number of likely N-dealkylation sites (N-methyl/N-ethyl adjacent to an activating group) is 1. The Morgan fingerprint density at radius 1 is 1.09 bits per heavy atom. The van der Waals surface area contributed by atoms with Gasteiger partial charge in [0.2, 0.25) is 0 Å². The Balaban J connectivity index is 1.80. The van der Waals surface area contributed by atoms with E-state index in [1.165, 1.54) is 16.7 Å². The molecule has 4 rings (SSSR count). The molecule has 3 heteroatoms. The van der Waals surface area contributed by atoms with Crippen molar-refractivity contribution in [3.05, 3.63) is 70.5 Å². The summed E-state index contributed by atoms with van der Waals surface area (Å²) >= 11 is 0. The van der Waals surface area contributed by atoms with Gasteiger partial charge in [0.1, 0.15) is 5.82 Å². The van der Waals surface area contributed by atoms with Crippen molar-refractivity contribution < 1.29 is 9.13 Å². The number of hydrogen-bond acceptors (Lipinski definition) is 2. The zero-order chi connectivity index (χ0) is 16.0. The number of fused-ring (bicyclic) bond motifs is 5. The van der Waals surface area contributed by atoms with E-state index in [0.29, 0.717) is 5.92 Å². The summed E-state index contributed by atoms with van der Waals surface area (Å²) in [7, 11) is 4.14. The maximum Gasteiger partial charge on any atom is 0.123 e. The lowest BCUT2D eigenvalue weighted by Crippen LogP contribution is -2.25. The Bertz CT molecular complexity index is 727. The van der Waals surface area contributed by atoms with Crippen molar-refractivity contribution in [3.63, 3.8) is 0 Å². The van der Waals surface area contributed by atoms with Gasteiger partial charge in [-0.1, -0.05) is 30.3 Å². The first-order valence-corrected chi connectivity index (χ1v) is 8.28. The van der Waals surface area contributed by atoms with E-state index in [0.717, 1.165) is 24.9 Å². The maximum absolute atomic E-state index is 13.9. The van der Waals surface area contributed by atoms with Crippen LogP contribution in [0, 0.1) is 5.82 Å². The molecular weight excluding hydrogens is 289 g/mol. The summed E-state index contributed by atoms with van der Waals surface area (Å²) in [6, 6.07) is 13.8. The largest absolute Gasteiger partial charge is 0.368 e. The summed E-state index contributed by atoms with van der Waals surface area (Å²) in [6.45, 7) is 0.903. The number of hydrogen-bond donors (Lipinski definition) is 0. The molecule has 0 unspecified atom stereocenters. The molecule has 0 bridgehead atoms. The third-order valence-electron chi connectivity index (χ3n) is 5.04. The molecule has 2 aromatic rings. The predicted molar refractivity (Wildman–Crippen MR) is 89.2 cm³/mol. The second-order valence-electron chi connectivity index (χ2n) is 7.00. The van der Waals surface area contributed by atoms with Gasteiger partial charge in [0.15, 0.2) is 0 Å². The zero-order valence-corrected chi connectivity index (χ0v) is 13.6. The molecule has 0 N–H and O–H groups in total. The highest BCUT2D eigenvalue weighted by Crippen LogP contribution is 2.49. The molecule has 0 radical (unpaired) electrons. The van der Waals surface area contributed by atoms with Crippen LogP contribution in [0.25, 0.3) is 0 Å². The van der Waals surface area contributed by atoms with E-state index < -0.39 is 0 Å². The predicted octanol–water partition coefficient (Wildman–Crippen LogP) is 3.91. The highest BCUT2D eigenvalue weighted by atomic mass is 19.1. The molecule has 0 saturated carbocycles. The lowest BCUT2D eigenvalue weighted by molar-refractivity contribution is 0.0270. The van der Waals surface area contributed by atoms with Gasteiger partial charge in [0.05, 0.1) is 12.2 Å². The van der Waals surface area contributed by atoms with Crippen LogP contribution in [0.2, 0.25) is 0 Å². The van der Waals surface area contributed by atoms with Gasteiger partial charge in [-0.05, 0) is 61.3 Å². The topological polar surface area (TPSA) is 12.5 Å². The Morgan fingerprint density at radius 3 is 2.70 bits per heavy atom. The Kier molecular flexibility index (Phi) is 3.70. The summed E-state index contributed by atoms with van der Waals surface area (Å²) in [6.07, 6.45) is 2.02. The monoisotopic (exact) mass is 311 g/mol. The molecule has 1 saturated heterocycles. The maximum atomic E-state index is 13.9. The number of halogens is 1. The first kappa shape index (κ1) is 14.9. The van der Waals surface area contributed by atoms with Gasteiger partial charge in [-0.3, -0.25) is 0 Å². The minimum atomic E-state index is -0.173. The van der Waals surface area contributed by atoms with E-state index in [1.54, 1.807) is 12.1 Å². The van der Waals surface area contributed by atoms with Gasteiger partial charge in [0.25, 0.3) is 0 Å². The van der Waals surface area contributed by atoms with Gasteiger partial charge < -0.3 is 9.64 Å². The minimum Gasteiger partial charge on any atom is -0.368 e. The third kappa shape index (κ3) is 2.68. The second kappa shape index (κ2) is 5.73. The molecular formula is C20H22FNO. The summed E-state index contributed by atoms with van der Waals surface area (Å²) in [5, 5.41) is 0. The van der Waals surface area contributed by atoms with E-state index in [1.807, 2.05) is 6.07 Å². The highest BCUT2D eigenvalue weighted by Gasteiger charge is 2.40. The smallest absolute Gasteiger partial charge is 0.123 e. The van der Waals surface area contributed by atoms with Crippen LogP contribution in [0.5, 0.6) is 0 Å². The fourth-order valence-electron chi connectivity index (χ4n) is 4.12. The normalized spacial score (nSPS) is 25.7. The minimum absolute atomic E-state index is 0.0331. The standard InChI is InChI=1S/C20H22FNO/c1-22(2)12-16-11-19-17-6-4-3-5-13(17)9-14-7-8-15(21)10-18(14)20(19)23-16/h3-8,10,16,19-20H,9,11-12H2,1-2H3/t16-,19-,20-/m0/s1. The van der Waals surface area contributed by atoms with Crippen LogP contribution in [0.1, 0.15) is 40.7 Å². The van der Waals surface area contributed by atoms with Crippen LogP contribution in [0.4, 0.5) is 4.39 Å². The van der Waals surface area contributed by atoms with Gasteiger partial charge >= 0.3 is 0 Å². The SMILES string of the molecule is CN(C)C[C@@H]1C[C@H]2c3ccccc3Cc3ccc(F)cc3[C@@H]2O1. The van der Waals surface area contributed by atoms with E-state index in [-0.39, 0.29) is 18.0 Å². The van der Waals surface area contributed by atoms with Crippen LogP contribution >= 0.6 is 0 Å². The fraction of sp³-hybridized carbons (Fsp3) is 0.400. The van der Waals surface area contributed by atoms with Gasteiger partial charge in [-0.25, -0.2) is 4.39 Å². The number of rotatable bonds is 2. The Morgan fingerprint density at radius 2 is 1.87 bits per heavy atom. The van der Waals surface area contributed by atoms with Crippen LogP contribution in [-0.4, -0.2) is 31.6 Å². The van der Waals surface area contributed by atoms with Crippen LogP contribution in [0.3, 0.4) is 0 Å². The number of benzene rings is 2. The third-order valence-corrected chi connectivity index (χ3v) is 5.04. The molecule has 0 aromatic heterocycles. The summed E-state index contributed by atoms with van der Waals surface area (Å²) in [4.78, 5) is 2.16. The van der Waals surface area contributed by atoms with Gasteiger partial charge in [0, 0.05) is 12.5 Å². The van der Waals surface area contributed by atoms with Crippen molar-refractivity contribution in [1.82, 2.24) is 4.90 Å². The van der Waals surface area contributed by atoms with Crippen LogP contribution < -0.4 is 0 Å². The second-order valence-corrected chi connectivity index (χ2v) is 7.00. The fourth-order valence-corrected chi connectivity index (χ4v) is 4.12. The molecule has 0 amide bonds. The van der Waals surface area contributed by atoms with Gasteiger partial charge in [-0.2, -0.15) is 0 Å². The average Bonchev–Trinajstić information content (AvgIpc) is 2.87. The zero-order valence-electron chi connectivity index (χ0n) is 13.6. The molecule has 1 aliphatic heterocycles. The van der Waals surface area contributed by atoms with Crippen molar-refractivity contribution in [2.75, 3.05) is 20.6 Å². The Hall–Kier alpha value is -1.71. The van der Waals surface area contributed by atoms with Gasteiger partial charge in [-0.15, -0.1) is 0 Å². The summed E-state index contributed by atoms with van der Waals surface area (Å²) in [5.74, 6) is 0.146. The van der Waals surface area contributed by atoms with Crippen molar-refractivity contribution in [2.24, 2.45) is 0 Å². The molecule has 2 aliphatic rings. The molecule has 1 aliphatic carbocycles. The molecule has 2 aromatic carbocycles. The van der Waals surface area contributed by atoms with E-state index in [9.17, 15) is 4.39 Å². The molecule has 2 nitrogen and oxygen atoms in total. The lowest BCUT2D eigenvalue weighted by Gasteiger charge is -2.20. The number of nitrogens with zero attached hydrogens (tertiary/aromatic N) is 1. The molecule has 1 fully saturated rings. The quantitative estimate of drug-likeness (QED) is 0.834. The molecule has 120 valence electrons. The summed E-state index contributed by atoms with van der Waals surface area (Å²) < 4.78 is 20.2. The Labute approximate surface area is 136 Å². The highest BCUT2D eigenvalue weighted by molar-refractivity contribution is 5.45. The number of ether oxygens (including phenoxy) is 1.